The fourth-order valence-electron chi connectivity index (χ4n) is 1.79. The van der Waals surface area contributed by atoms with E-state index in [1.165, 1.54) is 0 Å². The van der Waals surface area contributed by atoms with Crippen LogP contribution in [0.3, 0.4) is 0 Å². The number of Topliss-reactive ketones (excluding diaryl/α,β-unsaturated/α-hetero) is 1. The lowest BCUT2D eigenvalue weighted by atomic mass is 10.0. The Labute approximate surface area is 74.9 Å². The highest BCUT2D eigenvalue weighted by molar-refractivity contribution is 5.79. The summed E-state index contributed by atoms with van der Waals surface area (Å²) in [6.07, 6.45) is 1.52. The molecule has 0 unspecified atom stereocenters. The molecular formula is C10H19NO. The first-order valence-electron chi connectivity index (χ1n) is 4.85. The lowest BCUT2D eigenvalue weighted by molar-refractivity contribution is -0.123. The zero-order valence-electron chi connectivity index (χ0n) is 8.34. The summed E-state index contributed by atoms with van der Waals surface area (Å²) >= 11 is 0. The smallest absolute Gasteiger partial charge is 0.135 e. The number of ketones is 1. The van der Waals surface area contributed by atoms with Gasteiger partial charge >= 0.3 is 0 Å². The minimum absolute atomic E-state index is 0.433. The summed E-state index contributed by atoms with van der Waals surface area (Å²) in [4.78, 5) is 13.5. The van der Waals surface area contributed by atoms with E-state index in [0.29, 0.717) is 17.7 Å². The molecule has 0 N–H and O–H groups in total. The van der Waals surface area contributed by atoms with Crippen molar-refractivity contribution in [3.05, 3.63) is 0 Å². The zero-order valence-corrected chi connectivity index (χ0v) is 8.34. The Kier molecular flexibility index (Phi) is 3.27. The predicted octanol–water partition coefficient (Wildman–Crippen LogP) is 1.70. The fraction of sp³-hybridized carbons (Fsp3) is 0.900. The van der Waals surface area contributed by atoms with Gasteiger partial charge in [-0.25, -0.2) is 0 Å². The van der Waals surface area contributed by atoms with Gasteiger partial charge in [0.2, 0.25) is 0 Å². The molecule has 1 heterocycles. The van der Waals surface area contributed by atoms with Gasteiger partial charge in [0.1, 0.15) is 5.78 Å². The largest absolute Gasteiger partial charge is 0.300 e. The fourth-order valence-corrected chi connectivity index (χ4v) is 1.79. The van der Waals surface area contributed by atoms with Gasteiger partial charge in [-0.05, 0) is 12.8 Å². The number of hydrogen-bond acceptors (Lipinski definition) is 2. The molecule has 0 aromatic rings. The van der Waals surface area contributed by atoms with Gasteiger partial charge in [-0.2, -0.15) is 0 Å². The highest BCUT2D eigenvalue weighted by atomic mass is 16.1. The average Bonchev–Trinajstić information content (AvgIpc) is 1.94. The minimum atomic E-state index is 0.433. The summed E-state index contributed by atoms with van der Waals surface area (Å²) in [5, 5.41) is 0. The molecule has 2 nitrogen and oxygen atoms in total. The molecule has 0 aromatic carbocycles. The topological polar surface area (TPSA) is 20.3 Å². The normalized spacial score (nSPS) is 26.7. The number of carbonyl (C=O) groups is 1. The van der Waals surface area contributed by atoms with Gasteiger partial charge in [-0.15, -0.1) is 0 Å². The van der Waals surface area contributed by atoms with Crippen molar-refractivity contribution < 1.29 is 4.79 Å². The van der Waals surface area contributed by atoms with Crippen LogP contribution >= 0.6 is 0 Å². The van der Waals surface area contributed by atoms with Crippen molar-refractivity contribution in [2.75, 3.05) is 13.1 Å². The molecule has 0 amide bonds. The molecule has 1 rings (SSSR count). The molecule has 1 saturated heterocycles. The monoisotopic (exact) mass is 169 g/mol. The first kappa shape index (κ1) is 9.72. The first-order valence-corrected chi connectivity index (χ1v) is 4.85. The van der Waals surface area contributed by atoms with E-state index in [9.17, 15) is 4.79 Å². The van der Waals surface area contributed by atoms with Gasteiger partial charge in [-0.1, -0.05) is 13.8 Å². The second-order valence-corrected chi connectivity index (χ2v) is 4.23. The van der Waals surface area contributed by atoms with Crippen LogP contribution in [0.5, 0.6) is 0 Å². The van der Waals surface area contributed by atoms with Crippen LogP contribution in [-0.4, -0.2) is 29.8 Å². The average molecular weight is 169 g/mol. The van der Waals surface area contributed by atoms with Crippen LogP contribution in [0.2, 0.25) is 0 Å². The van der Waals surface area contributed by atoms with E-state index in [1.807, 2.05) is 0 Å². The maximum absolute atomic E-state index is 11.1. The number of rotatable bonds is 2. The van der Waals surface area contributed by atoms with Gasteiger partial charge in [0.25, 0.3) is 0 Å². The van der Waals surface area contributed by atoms with Crippen molar-refractivity contribution in [3.63, 3.8) is 0 Å². The maximum Gasteiger partial charge on any atom is 0.135 e. The van der Waals surface area contributed by atoms with Crippen molar-refractivity contribution >= 4 is 5.78 Å². The summed E-state index contributed by atoms with van der Waals surface area (Å²) in [7, 11) is 0. The molecule has 1 fully saturated rings. The second kappa shape index (κ2) is 4.04. The lowest BCUT2D eigenvalue weighted by Gasteiger charge is -2.33. The minimum Gasteiger partial charge on any atom is -0.300 e. The van der Waals surface area contributed by atoms with Crippen molar-refractivity contribution in [2.45, 2.75) is 39.7 Å². The third kappa shape index (κ3) is 2.59. The van der Waals surface area contributed by atoms with Crippen LogP contribution in [0.4, 0.5) is 0 Å². The summed E-state index contributed by atoms with van der Waals surface area (Å²) in [6, 6.07) is 0.466. The standard InChI is InChI=1S/C10H19NO/c1-8(2)7-11-5-4-10(12)6-9(11)3/h8-9H,4-7H2,1-3H3/t9-/m0/s1. The molecule has 1 aliphatic heterocycles. The summed E-state index contributed by atoms with van der Waals surface area (Å²) in [6.45, 7) is 8.71. The molecule has 1 aliphatic rings. The van der Waals surface area contributed by atoms with Crippen LogP contribution in [0, 0.1) is 5.92 Å². The molecule has 0 aromatic heterocycles. The van der Waals surface area contributed by atoms with Gasteiger partial charge < -0.3 is 0 Å². The molecule has 0 radical (unpaired) electrons. The number of piperidine rings is 1. The predicted molar refractivity (Wildman–Crippen MR) is 50.1 cm³/mol. The van der Waals surface area contributed by atoms with Crippen LogP contribution in [0.1, 0.15) is 33.6 Å². The third-order valence-corrected chi connectivity index (χ3v) is 2.42. The first-order chi connectivity index (χ1) is 5.59. The Hall–Kier alpha value is -0.370. The van der Waals surface area contributed by atoms with Gasteiger partial charge in [-0.3, -0.25) is 9.69 Å². The van der Waals surface area contributed by atoms with Crippen molar-refractivity contribution in [3.8, 4) is 0 Å². The summed E-state index contributed by atoms with van der Waals surface area (Å²) in [5.74, 6) is 1.14. The van der Waals surface area contributed by atoms with Gasteiger partial charge in [0.15, 0.2) is 0 Å². The Morgan fingerprint density at radius 1 is 1.58 bits per heavy atom. The van der Waals surface area contributed by atoms with E-state index >= 15 is 0 Å². The number of carbonyl (C=O) groups excluding carboxylic acids is 1. The van der Waals surface area contributed by atoms with Crippen molar-refractivity contribution in [2.24, 2.45) is 5.92 Å². The number of likely N-dealkylation sites (tertiary alicyclic amines) is 1. The van der Waals surface area contributed by atoms with E-state index < -0.39 is 0 Å². The van der Waals surface area contributed by atoms with Crippen molar-refractivity contribution in [1.29, 1.82) is 0 Å². The summed E-state index contributed by atoms with van der Waals surface area (Å²) < 4.78 is 0. The Bertz CT molecular complexity index is 165. The quantitative estimate of drug-likeness (QED) is 0.627. The Morgan fingerprint density at radius 3 is 2.75 bits per heavy atom. The van der Waals surface area contributed by atoms with Gasteiger partial charge in [0.05, 0.1) is 0 Å². The molecule has 12 heavy (non-hydrogen) atoms. The van der Waals surface area contributed by atoms with Crippen LogP contribution in [0.15, 0.2) is 0 Å². The summed E-state index contributed by atoms with van der Waals surface area (Å²) in [5.41, 5.74) is 0. The van der Waals surface area contributed by atoms with E-state index in [0.717, 1.165) is 25.9 Å². The highest BCUT2D eigenvalue weighted by Crippen LogP contribution is 2.14. The number of hydrogen-bond donors (Lipinski definition) is 0. The molecule has 2 heteroatoms. The third-order valence-electron chi connectivity index (χ3n) is 2.42. The second-order valence-electron chi connectivity index (χ2n) is 4.23. The van der Waals surface area contributed by atoms with E-state index in [4.69, 9.17) is 0 Å². The SMILES string of the molecule is CC(C)CN1CCC(=O)C[C@@H]1C. The van der Waals surface area contributed by atoms with E-state index in [1.54, 1.807) is 0 Å². The number of nitrogens with zero attached hydrogens (tertiary/aromatic N) is 1. The molecule has 0 bridgehead atoms. The molecule has 0 aliphatic carbocycles. The molecule has 0 saturated carbocycles. The molecular weight excluding hydrogens is 150 g/mol. The highest BCUT2D eigenvalue weighted by Gasteiger charge is 2.23. The van der Waals surface area contributed by atoms with Crippen LogP contribution in [0.25, 0.3) is 0 Å². The molecule has 1 atom stereocenters. The van der Waals surface area contributed by atoms with E-state index in [2.05, 4.69) is 25.7 Å². The lowest BCUT2D eigenvalue weighted by Crippen LogP contribution is -2.42. The Morgan fingerprint density at radius 2 is 2.25 bits per heavy atom. The Balaban J connectivity index is 2.39. The van der Waals surface area contributed by atoms with Crippen LogP contribution in [-0.2, 0) is 4.79 Å². The zero-order chi connectivity index (χ0) is 9.14. The molecule has 70 valence electrons. The van der Waals surface area contributed by atoms with Crippen molar-refractivity contribution in [1.82, 2.24) is 4.90 Å². The van der Waals surface area contributed by atoms with Crippen LogP contribution < -0.4 is 0 Å². The van der Waals surface area contributed by atoms with E-state index in [-0.39, 0.29) is 0 Å². The molecule has 0 spiro atoms. The maximum atomic E-state index is 11.1. The van der Waals surface area contributed by atoms with Gasteiger partial charge in [0, 0.05) is 32.0 Å².